The lowest BCUT2D eigenvalue weighted by atomic mass is 9.98. The third kappa shape index (κ3) is 5.06. The first kappa shape index (κ1) is 24.1. The quantitative estimate of drug-likeness (QED) is 0.620. The van der Waals surface area contributed by atoms with Gasteiger partial charge < -0.3 is 20.1 Å². The second kappa shape index (κ2) is 10.5. The number of hydrogen-bond acceptors (Lipinski definition) is 5. The van der Waals surface area contributed by atoms with Crippen molar-refractivity contribution in [2.75, 3.05) is 24.7 Å². The van der Waals surface area contributed by atoms with Crippen LogP contribution in [0.25, 0.3) is 11.1 Å². The van der Waals surface area contributed by atoms with Crippen LogP contribution < -0.4 is 5.32 Å². The molecule has 1 unspecified atom stereocenters. The fraction of sp³-hybridized carbons (Fsp3) is 0.423. The summed E-state index contributed by atoms with van der Waals surface area (Å²) >= 11 is 1.53. The van der Waals surface area contributed by atoms with Gasteiger partial charge in [0.15, 0.2) is 0 Å². The monoisotopic (exact) mass is 482 g/mol. The molecule has 0 saturated carbocycles. The van der Waals surface area contributed by atoms with Gasteiger partial charge in [0, 0.05) is 36.4 Å². The average molecular weight is 483 g/mol. The van der Waals surface area contributed by atoms with Crippen molar-refractivity contribution in [1.29, 1.82) is 0 Å². The van der Waals surface area contributed by atoms with Gasteiger partial charge in [-0.2, -0.15) is 11.8 Å². The van der Waals surface area contributed by atoms with Crippen molar-refractivity contribution in [3.05, 3.63) is 59.7 Å². The Morgan fingerprint density at radius 2 is 1.71 bits per heavy atom. The number of amides is 2. The van der Waals surface area contributed by atoms with Gasteiger partial charge in [0.2, 0.25) is 5.91 Å². The highest BCUT2D eigenvalue weighted by Crippen LogP contribution is 2.44. The third-order valence-corrected chi connectivity index (χ3v) is 7.60. The molecule has 1 saturated heterocycles. The minimum absolute atomic E-state index is 0.0214. The number of carbonyl (C=O) groups excluding carboxylic acids is 2. The zero-order valence-corrected chi connectivity index (χ0v) is 20.2. The van der Waals surface area contributed by atoms with Crippen molar-refractivity contribution in [2.45, 2.75) is 38.3 Å². The molecule has 2 atom stereocenters. The molecule has 0 radical (unpaired) electrons. The van der Waals surface area contributed by atoms with E-state index in [1.807, 2.05) is 38.1 Å². The zero-order valence-electron chi connectivity index (χ0n) is 19.4. The van der Waals surface area contributed by atoms with E-state index in [1.165, 1.54) is 16.7 Å². The van der Waals surface area contributed by atoms with Crippen LogP contribution in [-0.4, -0.2) is 64.7 Å². The van der Waals surface area contributed by atoms with Crippen LogP contribution in [0.2, 0.25) is 0 Å². The molecule has 2 aliphatic rings. The second-order valence-electron chi connectivity index (χ2n) is 9.04. The molecule has 1 heterocycles. The van der Waals surface area contributed by atoms with Crippen LogP contribution in [0.3, 0.4) is 0 Å². The summed E-state index contributed by atoms with van der Waals surface area (Å²) in [6.07, 6.45) is -0.534. The van der Waals surface area contributed by atoms with Crippen LogP contribution in [0, 0.1) is 5.92 Å². The Labute approximate surface area is 203 Å². The molecule has 1 aliphatic carbocycles. The molecule has 2 amide bonds. The van der Waals surface area contributed by atoms with E-state index in [2.05, 4.69) is 29.6 Å². The molecule has 2 aromatic carbocycles. The molecule has 1 aliphatic heterocycles. The molecule has 0 bridgehead atoms. The van der Waals surface area contributed by atoms with E-state index < -0.39 is 24.1 Å². The van der Waals surface area contributed by atoms with E-state index in [0.29, 0.717) is 18.1 Å². The maximum atomic E-state index is 12.9. The van der Waals surface area contributed by atoms with Gasteiger partial charge in [-0.05, 0) is 28.2 Å². The first-order chi connectivity index (χ1) is 16.4. The maximum absolute atomic E-state index is 12.9. The predicted molar refractivity (Wildman–Crippen MR) is 132 cm³/mol. The summed E-state index contributed by atoms with van der Waals surface area (Å²) in [5.41, 5.74) is 4.58. The van der Waals surface area contributed by atoms with Crippen LogP contribution >= 0.6 is 11.8 Å². The number of hydrogen-bond donors (Lipinski definition) is 2. The lowest BCUT2D eigenvalue weighted by molar-refractivity contribution is -0.149. The highest BCUT2D eigenvalue weighted by molar-refractivity contribution is 7.99. The molecule has 8 heteroatoms. The fourth-order valence-electron chi connectivity index (χ4n) is 4.66. The van der Waals surface area contributed by atoms with Gasteiger partial charge in [-0.3, -0.25) is 4.79 Å². The molecule has 180 valence electrons. The molecule has 2 aromatic rings. The molecule has 7 nitrogen and oxygen atoms in total. The summed E-state index contributed by atoms with van der Waals surface area (Å²) in [4.78, 5) is 38.6. The van der Waals surface area contributed by atoms with E-state index in [4.69, 9.17) is 4.74 Å². The highest BCUT2D eigenvalue weighted by Gasteiger charge is 2.34. The lowest BCUT2D eigenvalue weighted by Crippen LogP contribution is -2.52. The van der Waals surface area contributed by atoms with Crippen LogP contribution in [0.4, 0.5) is 4.79 Å². The smallest absolute Gasteiger partial charge is 0.407 e. The molecule has 4 rings (SSSR count). The summed E-state index contributed by atoms with van der Waals surface area (Å²) in [7, 11) is 0. The summed E-state index contributed by atoms with van der Waals surface area (Å²) in [5, 5.41) is 12.3. The Balaban J connectivity index is 1.38. The second-order valence-corrected chi connectivity index (χ2v) is 10.2. The van der Waals surface area contributed by atoms with Gasteiger partial charge >= 0.3 is 12.1 Å². The van der Waals surface area contributed by atoms with Crippen molar-refractivity contribution in [3.8, 4) is 11.1 Å². The van der Waals surface area contributed by atoms with Crippen molar-refractivity contribution >= 4 is 29.7 Å². The Morgan fingerprint density at radius 3 is 2.29 bits per heavy atom. The Bertz CT molecular complexity index is 1030. The highest BCUT2D eigenvalue weighted by atomic mass is 32.2. The van der Waals surface area contributed by atoms with Gasteiger partial charge in [0.25, 0.3) is 0 Å². The number of thioether (sulfide) groups is 1. The summed E-state index contributed by atoms with van der Waals surface area (Å²) in [6, 6.07) is 15.0. The summed E-state index contributed by atoms with van der Waals surface area (Å²) in [6.45, 7) is 4.43. The summed E-state index contributed by atoms with van der Waals surface area (Å²) < 4.78 is 5.63. The number of fused-ring (bicyclic) bond motifs is 3. The van der Waals surface area contributed by atoms with E-state index in [-0.39, 0.29) is 30.8 Å². The minimum atomic E-state index is -0.994. The Hall–Kier alpha value is -3.00. The van der Waals surface area contributed by atoms with Crippen molar-refractivity contribution in [1.82, 2.24) is 10.2 Å². The van der Waals surface area contributed by atoms with Gasteiger partial charge in [-0.25, -0.2) is 9.59 Å². The first-order valence-electron chi connectivity index (χ1n) is 11.6. The molecular weight excluding hydrogens is 452 g/mol. The van der Waals surface area contributed by atoms with Crippen molar-refractivity contribution < 1.29 is 24.2 Å². The number of nitrogens with zero attached hydrogens (tertiary/aromatic N) is 1. The number of carboxylic acids is 1. The van der Waals surface area contributed by atoms with Crippen molar-refractivity contribution in [3.63, 3.8) is 0 Å². The number of aliphatic carboxylic acids is 1. The van der Waals surface area contributed by atoms with Gasteiger partial charge in [0.1, 0.15) is 12.6 Å². The average Bonchev–Trinajstić information content (AvgIpc) is 3.16. The number of rotatable bonds is 7. The van der Waals surface area contributed by atoms with Crippen molar-refractivity contribution in [2.24, 2.45) is 5.92 Å². The molecule has 2 N–H and O–H groups in total. The molecule has 1 fully saturated rings. The molecular formula is C26H30N2O5S. The Morgan fingerprint density at radius 1 is 1.09 bits per heavy atom. The van der Waals surface area contributed by atoms with Gasteiger partial charge in [-0.1, -0.05) is 62.4 Å². The molecule has 0 spiro atoms. The summed E-state index contributed by atoms with van der Waals surface area (Å²) in [5.74, 6) is -0.225. The lowest BCUT2D eigenvalue weighted by Gasteiger charge is -2.34. The van der Waals surface area contributed by atoms with E-state index in [0.717, 1.165) is 22.3 Å². The number of carbonyl (C=O) groups is 3. The standard InChI is InChI=1S/C26H30N2O5S/c1-16(2)22(13-24(29)28-11-12-34-15-23(28)25(30)31)27-26(32)33-14-21-19-9-5-3-7-17(19)18-8-4-6-10-20(18)21/h3-10,16,21-23H,11-15H2,1-2H3,(H,27,32)(H,30,31)/t22-,23?/m1/s1. The molecule has 0 aromatic heterocycles. The Kier molecular flexibility index (Phi) is 7.46. The number of benzene rings is 2. The maximum Gasteiger partial charge on any atom is 0.407 e. The minimum Gasteiger partial charge on any atom is -0.480 e. The number of nitrogens with one attached hydrogen (secondary N) is 1. The van der Waals surface area contributed by atoms with Gasteiger partial charge in [-0.15, -0.1) is 0 Å². The van der Waals surface area contributed by atoms with Crippen LogP contribution in [0.5, 0.6) is 0 Å². The molecule has 34 heavy (non-hydrogen) atoms. The third-order valence-electron chi connectivity index (χ3n) is 6.58. The van der Waals surface area contributed by atoms with Crippen LogP contribution in [0.1, 0.15) is 37.3 Å². The van der Waals surface area contributed by atoms with E-state index in [9.17, 15) is 19.5 Å². The first-order valence-corrected chi connectivity index (χ1v) is 12.7. The van der Waals surface area contributed by atoms with E-state index >= 15 is 0 Å². The SMILES string of the molecule is CC(C)[C@@H](CC(=O)N1CCSCC1C(=O)O)NC(=O)OCC1c2ccccc2-c2ccccc21. The fourth-order valence-corrected chi connectivity index (χ4v) is 5.70. The topological polar surface area (TPSA) is 95.9 Å². The van der Waals surface area contributed by atoms with E-state index in [1.54, 1.807) is 0 Å². The number of carboxylic acid groups (broad SMARTS) is 1. The largest absolute Gasteiger partial charge is 0.480 e. The predicted octanol–water partition coefficient (Wildman–Crippen LogP) is 3.97. The van der Waals surface area contributed by atoms with Crippen LogP contribution in [-0.2, 0) is 14.3 Å². The number of alkyl carbamates (subject to hydrolysis) is 1. The zero-order chi connectivity index (χ0) is 24.2. The number of ether oxygens (including phenoxy) is 1. The van der Waals surface area contributed by atoms with Crippen LogP contribution in [0.15, 0.2) is 48.5 Å². The normalized spacial score (nSPS) is 18.2. The van der Waals surface area contributed by atoms with Gasteiger partial charge in [0.05, 0.1) is 0 Å².